The number of alkyl halides is 3. The van der Waals surface area contributed by atoms with E-state index in [1.54, 1.807) is 0 Å². The lowest BCUT2D eigenvalue weighted by Crippen LogP contribution is -2.17. The van der Waals surface area contributed by atoms with Crippen molar-refractivity contribution in [1.29, 1.82) is 0 Å². The summed E-state index contributed by atoms with van der Waals surface area (Å²) in [5.41, 5.74) is 5.82. The molecular weight excluding hydrogens is 250 g/mol. The molecule has 0 fully saturated rings. The van der Waals surface area contributed by atoms with E-state index in [2.05, 4.69) is 4.98 Å². The number of hydrogen-bond donors (Lipinski definition) is 1. The Bertz CT molecular complexity index is 573. The van der Waals surface area contributed by atoms with E-state index in [9.17, 15) is 17.6 Å². The van der Waals surface area contributed by atoms with Crippen LogP contribution in [-0.4, -0.2) is 15.7 Å². The predicted molar refractivity (Wildman–Crippen MR) is 59.5 cm³/mol. The van der Waals surface area contributed by atoms with Gasteiger partial charge in [-0.1, -0.05) is 6.07 Å². The molecule has 0 bridgehead atoms. The molecule has 98 valence electrons. The van der Waals surface area contributed by atoms with Gasteiger partial charge in [-0.05, 0) is 19.1 Å². The zero-order valence-electron chi connectivity index (χ0n) is 9.50. The van der Waals surface area contributed by atoms with Crippen LogP contribution in [0.2, 0.25) is 0 Å². The van der Waals surface area contributed by atoms with Crippen LogP contribution in [0, 0.1) is 5.82 Å². The highest BCUT2D eigenvalue weighted by Crippen LogP contribution is 2.32. The van der Waals surface area contributed by atoms with Gasteiger partial charge in [-0.2, -0.15) is 13.2 Å². The fraction of sp³-hybridized carbons (Fsp3) is 0.364. The van der Waals surface area contributed by atoms with E-state index in [1.807, 2.05) is 0 Å². The summed E-state index contributed by atoms with van der Waals surface area (Å²) in [4.78, 5) is 3.76. The van der Waals surface area contributed by atoms with E-state index in [4.69, 9.17) is 5.73 Å². The third kappa shape index (κ3) is 2.25. The summed E-state index contributed by atoms with van der Waals surface area (Å²) < 4.78 is 51.7. The third-order valence-corrected chi connectivity index (χ3v) is 2.67. The van der Waals surface area contributed by atoms with E-state index < -0.39 is 24.5 Å². The standard InChI is InChI=1S/C11H11F4N3/c1-6(5-11(13,14)15)18-8-4-2-3-7(12)9(8)17-10(18)16/h2-4,6H,5H2,1H3,(H2,16,17). The lowest BCUT2D eigenvalue weighted by atomic mass is 10.2. The number of nitrogen functional groups attached to an aromatic ring is 1. The molecule has 1 aromatic carbocycles. The van der Waals surface area contributed by atoms with Gasteiger partial charge in [0.25, 0.3) is 0 Å². The number of benzene rings is 1. The van der Waals surface area contributed by atoms with Crippen molar-refractivity contribution in [3.8, 4) is 0 Å². The molecule has 7 heteroatoms. The number of rotatable bonds is 2. The molecule has 1 atom stereocenters. The largest absolute Gasteiger partial charge is 0.391 e. The molecule has 0 aliphatic rings. The van der Waals surface area contributed by atoms with E-state index in [1.165, 1.54) is 29.7 Å². The van der Waals surface area contributed by atoms with Gasteiger partial charge in [-0.3, -0.25) is 0 Å². The first-order chi connectivity index (χ1) is 8.29. The van der Waals surface area contributed by atoms with Gasteiger partial charge in [0.1, 0.15) is 5.52 Å². The third-order valence-electron chi connectivity index (χ3n) is 2.67. The lowest BCUT2D eigenvalue weighted by molar-refractivity contribution is -0.141. The average molecular weight is 261 g/mol. The summed E-state index contributed by atoms with van der Waals surface area (Å²) in [6.07, 6.45) is -5.35. The normalized spacial score (nSPS) is 14.1. The molecule has 0 saturated carbocycles. The van der Waals surface area contributed by atoms with Crippen molar-refractivity contribution in [2.75, 3.05) is 5.73 Å². The monoisotopic (exact) mass is 261 g/mol. The number of hydrogen-bond acceptors (Lipinski definition) is 2. The molecule has 0 aliphatic carbocycles. The van der Waals surface area contributed by atoms with Crippen LogP contribution in [0.15, 0.2) is 18.2 Å². The minimum Gasteiger partial charge on any atom is -0.369 e. The molecular formula is C11H11F4N3. The maximum Gasteiger partial charge on any atom is 0.391 e. The van der Waals surface area contributed by atoms with Crippen molar-refractivity contribution in [2.24, 2.45) is 0 Å². The van der Waals surface area contributed by atoms with Crippen molar-refractivity contribution < 1.29 is 17.6 Å². The fourth-order valence-corrected chi connectivity index (χ4v) is 1.99. The summed E-state index contributed by atoms with van der Waals surface area (Å²) in [5, 5.41) is 0. The summed E-state index contributed by atoms with van der Waals surface area (Å²) in [7, 11) is 0. The molecule has 0 saturated heterocycles. The molecule has 0 radical (unpaired) electrons. The highest BCUT2D eigenvalue weighted by molar-refractivity contribution is 5.79. The van der Waals surface area contributed by atoms with E-state index in [-0.39, 0.29) is 17.0 Å². The average Bonchev–Trinajstić information content (AvgIpc) is 2.53. The number of aromatic nitrogens is 2. The Balaban J connectivity index is 2.51. The second-order valence-corrected chi connectivity index (χ2v) is 4.12. The van der Waals surface area contributed by atoms with Crippen molar-refractivity contribution in [1.82, 2.24) is 9.55 Å². The van der Waals surface area contributed by atoms with E-state index in [0.29, 0.717) is 0 Å². The Morgan fingerprint density at radius 3 is 2.67 bits per heavy atom. The second-order valence-electron chi connectivity index (χ2n) is 4.12. The number of para-hydroxylation sites is 1. The molecule has 1 heterocycles. The fourth-order valence-electron chi connectivity index (χ4n) is 1.99. The molecule has 1 aromatic heterocycles. The van der Waals surface area contributed by atoms with Crippen LogP contribution >= 0.6 is 0 Å². The maximum absolute atomic E-state index is 13.4. The smallest absolute Gasteiger partial charge is 0.369 e. The van der Waals surface area contributed by atoms with Crippen LogP contribution in [0.25, 0.3) is 11.0 Å². The Kier molecular flexibility index (Phi) is 2.92. The quantitative estimate of drug-likeness (QED) is 0.843. The summed E-state index contributed by atoms with van der Waals surface area (Å²) >= 11 is 0. The van der Waals surface area contributed by atoms with Gasteiger partial charge < -0.3 is 10.3 Å². The molecule has 2 rings (SSSR count). The number of anilines is 1. The minimum absolute atomic E-state index is 0.0102. The molecule has 3 nitrogen and oxygen atoms in total. The van der Waals surface area contributed by atoms with Crippen molar-refractivity contribution in [2.45, 2.75) is 25.6 Å². The Morgan fingerprint density at radius 1 is 1.39 bits per heavy atom. The Hall–Kier alpha value is -1.79. The molecule has 0 amide bonds. The highest BCUT2D eigenvalue weighted by atomic mass is 19.4. The number of nitrogens with two attached hydrogens (primary N) is 1. The van der Waals surface area contributed by atoms with Gasteiger partial charge in [0.05, 0.1) is 11.9 Å². The van der Waals surface area contributed by atoms with Crippen LogP contribution < -0.4 is 5.73 Å². The summed E-state index contributed by atoms with van der Waals surface area (Å²) in [6, 6.07) is 3.16. The van der Waals surface area contributed by atoms with Crippen molar-refractivity contribution in [3.63, 3.8) is 0 Å². The molecule has 18 heavy (non-hydrogen) atoms. The van der Waals surface area contributed by atoms with Crippen LogP contribution in [-0.2, 0) is 0 Å². The number of fused-ring (bicyclic) bond motifs is 1. The first kappa shape index (κ1) is 12.7. The van der Waals surface area contributed by atoms with Gasteiger partial charge in [-0.25, -0.2) is 9.37 Å². The Labute approximate surface area is 100 Å². The van der Waals surface area contributed by atoms with Crippen LogP contribution in [0.3, 0.4) is 0 Å². The minimum atomic E-state index is -4.31. The molecule has 2 aromatic rings. The molecule has 0 spiro atoms. The predicted octanol–water partition coefficient (Wildman–Crippen LogP) is 3.27. The van der Waals surface area contributed by atoms with E-state index >= 15 is 0 Å². The van der Waals surface area contributed by atoms with Crippen LogP contribution in [0.4, 0.5) is 23.5 Å². The molecule has 0 aliphatic heterocycles. The first-order valence-electron chi connectivity index (χ1n) is 5.28. The van der Waals surface area contributed by atoms with Gasteiger partial charge in [0.15, 0.2) is 5.82 Å². The summed E-state index contributed by atoms with van der Waals surface area (Å²) in [5.74, 6) is -0.719. The zero-order chi connectivity index (χ0) is 13.5. The van der Waals surface area contributed by atoms with Gasteiger partial charge in [-0.15, -0.1) is 0 Å². The van der Waals surface area contributed by atoms with Crippen molar-refractivity contribution >= 4 is 17.0 Å². The van der Waals surface area contributed by atoms with Crippen LogP contribution in [0.5, 0.6) is 0 Å². The second kappa shape index (κ2) is 4.15. The molecule has 1 unspecified atom stereocenters. The first-order valence-corrected chi connectivity index (χ1v) is 5.28. The van der Waals surface area contributed by atoms with Gasteiger partial charge in [0.2, 0.25) is 5.95 Å². The van der Waals surface area contributed by atoms with Gasteiger partial charge >= 0.3 is 6.18 Å². The van der Waals surface area contributed by atoms with Crippen LogP contribution in [0.1, 0.15) is 19.4 Å². The zero-order valence-corrected chi connectivity index (χ0v) is 9.50. The number of imidazole rings is 1. The molecule has 2 N–H and O–H groups in total. The topological polar surface area (TPSA) is 43.8 Å². The number of nitrogens with zero attached hydrogens (tertiary/aromatic N) is 2. The SMILES string of the molecule is CC(CC(F)(F)F)n1c(N)nc2c(F)cccc21. The Morgan fingerprint density at radius 2 is 2.06 bits per heavy atom. The van der Waals surface area contributed by atoms with E-state index in [0.717, 1.165) is 0 Å². The lowest BCUT2D eigenvalue weighted by Gasteiger charge is -2.17. The number of halogens is 4. The highest BCUT2D eigenvalue weighted by Gasteiger charge is 2.32. The van der Waals surface area contributed by atoms with Crippen molar-refractivity contribution in [3.05, 3.63) is 24.0 Å². The maximum atomic E-state index is 13.4. The van der Waals surface area contributed by atoms with Gasteiger partial charge in [0, 0.05) is 6.04 Å². The summed E-state index contributed by atoms with van der Waals surface area (Å²) in [6.45, 7) is 1.37.